The summed E-state index contributed by atoms with van der Waals surface area (Å²) in [5.74, 6) is 1.35. The number of rotatable bonds is 6. The summed E-state index contributed by atoms with van der Waals surface area (Å²) >= 11 is 1.38. The molecule has 140 valence electrons. The Morgan fingerprint density at radius 1 is 1.22 bits per heavy atom. The maximum Gasteiger partial charge on any atom is 0.267 e. The first-order valence-electron chi connectivity index (χ1n) is 8.64. The lowest BCUT2D eigenvalue weighted by Crippen LogP contribution is -2.17. The summed E-state index contributed by atoms with van der Waals surface area (Å²) in [6.45, 7) is 4.43. The number of carbonyl (C=O) groups excluding carboxylic acids is 1. The molecule has 0 atom stereocenters. The van der Waals surface area contributed by atoms with Crippen molar-refractivity contribution in [2.24, 2.45) is 0 Å². The van der Waals surface area contributed by atoms with E-state index >= 15 is 0 Å². The monoisotopic (exact) mass is 382 g/mol. The van der Waals surface area contributed by atoms with Crippen molar-refractivity contribution in [3.05, 3.63) is 53.2 Å². The lowest BCUT2D eigenvalue weighted by molar-refractivity contribution is 0.103. The van der Waals surface area contributed by atoms with Crippen LogP contribution in [0.15, 0.2) is 42.6 Å². The zero-order valence-electron chi connectivity index (χ0n) is 15.8. The number of hydrogen-bond acceptors (Lipinski definition) is 6. The number of ether oxygens (including phenoxy) is 1. The average molecular weight is 382 g/mol. The summed E-state index contributed by atoms with van der Waals surface area (Å²) in [5, 5.41) is 3.75. The quantitative estimate of drug-likeness (QED) is 0.691. The first-order chi connectivity index (χ1) is 13.0. The van der Waals surface area contributed by atoms with E-state index in [1.807, 2.05) is 63.2 Å². The SMILES string of the molecule is CCOc1ccc(-c2nc(C)c(C(=O)Nc3cccnc3N(C)C)s2)cc1. The molecule has 2 aromatic heterocycles. The third-order valence-corrected chi connectivity index (χ3v) is 5.08. The van der Waals surface area contributed by atoms with Gasteiger partial charge in [-0.3, -0.25) is 4.79 Å². The Morgan fingerprint density at radius 3 is 2.63 bits per heavy atom. The van der Waals surface area contributed by atoms with Crippen molar-refractivity contribution in [3.63, 3.8) is 0 Å². The summed E-state index contributed by atoms with van der Waals surface area (Å²) < 4.78 is 5.47. The van der Waals surface area contributed by atoms with E-state index < -0.39 is 0 Å². The Kier molecular flexibility index (Phi) is 5.71. The Labute approximate surface area is 162 Å². The molecular weight excluding hydrogens is 360 g/mol. The number of aromatic nitrogens is 2. The molecule has 3 rings (SSSR count). The van der Waals surface area contributed by atoms with E-state index in [0.29, 0.717) is 28.7 Å². The van der Waals surface area contributed by atoms with E-state index in [0.717, 1.165) is 16.3 Å². The van der Waals surface area contributed by atoms with Crippen LogP contribution in [-0.2, 0) is 0 Å². The van der Waals surface area contributed by atoms with Gasteiger partial charge in [-0.1, -0.05) is 0 Å². The van der Waals surface area contributed by atoms with Gasteiger partial charge in [0.25, 0.3) is 5.91 Å². The van der Waals surface area contributed by atoms with Crippen molar-refractivity contribution in [1.29, 1.82) is 0 Å². The zero-order chi connectivity index (χ0) is 19.4. The highest BCUT2D eigenvalue weighted by Crippen LogP contribution is 2.30. The predicted molar refractivity (Wildman–Crippen MR) is 110 cm³/mol. The summed E-state index contributed by atoms with van der Waals surface area (Å²) in [6, 6.07) is 11.4. The van der Waals surface area contributed by atoms with Gasteiger partial charge in [0.15, 0.2) is 5.82 Å². The molecule has 0 fully saturated rings. The fourth-order valence-electron chi connectivity index (χ4n) is 2.62. The maximum atomic E-state index is 12.8. The summed E-state index contributed by atoms with van der Waals surface area (Å²) in [4.78, 5) is 24.1. The molecule has 27 heavy (non-hydrogen) atoms. The van der Waals surface area contributed by atoms with E-state index in [4.69, 9.17) is 4.74 Å². The van der Waals surface area contributed by atoms with Gasteiger partial charge in [0.05, 0.1) is 18.0 Å². The van der Waals surface area contributed by atoms with Crippen molar-refractivity contribution >= 4 is 28.7 Å². The number of aryl methyl sites for hydroxylation is 1. The van der Waals surface area contributed by atoms with E-state index in [1.165, 1.54) is 11.3 Å². The molecule has 1 amide bonds. The average Bonchev–Trinajstić information content (AvgIpc) is 3.05. The highest BCUT2D eigenvalue weighted by atomic mass is 32.1. The predicted octanol–water partition coefficient (Wildman–Crippen LogP) is 4.23. The first kappa shape index (κ1) is 18.8. The summed E-state index contributed by atoms with van der Waals surface area (Å²) in [7, 11) is 3.78. The van der Waals surface area contributed by atoms with Gasteiger partial charge in [0.1, 0.15) is 15.6 Å². The van der Waals surface area contributed by atoms with Crippen molar-refractivity contribution in [2.75, 3.05) is 30.9 Å². The molecule has 0 spiro atoms. The third kappa shape index (κ3) is 4.25. The molecular formula is C20H22N4O2S. The van der Waals surface area contributed by atoms with Gasteiger partial charge in [-0.2, -0.15) is 0 Å². The number of pyridine rings is 1. The fraction of sp³-hybridized carbons (Fsp3) is 0.250. The van der Waals surface area contributed by atoms with E-state index in [-0.39, 0.29) is 5.91 Å². The number of carbonyl (C=O) groups is 1. The molecule has 0 aliphatic carbocycles. The highest BCUT2D eigenvalue weighted by molar-refractivity contribution is 7.17. The van der Waals surface area contributed by atoms with Gasteiger partial charge in [0.2, 0.25) is 0 Å². The molecule has 0 aliphatic heterocycles. The normalized spacial score (nSPS) is 10.5. The Bertz CT molecular complexity index is 935. The molecule has 2 heterocycles. The molecule has 0 saturated heterocycles. The van der Waals surface area contributed by atoms with Gasteiger partial charge in [-0.05, 0) is 50.2 Å². The standard InChI is InChI=1S/C20H22N4O2S/c1-5-26-15-10-8-14(9-11-15)20-22-13(2)17(27-20)19(25)23-16-7-6-12-21-18(16)24(3)4/h6-12H,5H2,1-4H3,(H,23,25). The summed E-state index contributed by atoms with van der Waals surface area (Å²) in [5.41, 5.74) is 2.33. The molecule has 0 saturated carbocycles. The molecule has 3 aromatic rings. The van der Waals surface area contributed by atoms with Crippen LogP contribution in [0.5, 0.6) is 5.75 Å². The minimum atomic E-state index is -0.182. The lowest BCUT2D eigenvalue weighted by Gasteiger charge is -2.15. The molecule has 1 N–H and O–H groups in total. The number of hydrogen-bond donors (Lipinski definition) is 1. The van der Waals surface area contributed by atoms with Gasteiger partial charge in [0, 0.05) is 25.9 Å². The number of anilines is 2. The molecule has 0 unspecified atom stereocenters. The second-order valence-electron chi connectivity index (χ2n) is 6.11. The smallest absolute Gasteiger partial charge is 0.267 e. The molecule has 6 nitrogen and oxygen atoms in total. The summed E-state index contributed by atoms with van der Waals surface area (Å²) in [6.07, 6.45) is 1.70. The minimum Gasteiger partial charge on any atom is -0.494 e. The minimum absolute atomic E-state index is 0.182. The molecule has 0 aliphatic rings. The Morgan fingerprint density at radius 2 is 1.96 bits per heavy atom. The third-order valence-electron chi connectivity index (χ3n) is 3.87. The van der Waals surface area contributed by atoms with Crippen molar-refractivity contribution in [2.45, 2.75) is 13.8 Å². The topological polar surface area (TPSA) is 67.3 Å². The van der Waals surface area contributed by atoms with Crippen molar-refractivity contribution in [1.82, 2.24) is 9.97 Å². The van der Waals surface area contributed by atoms with Crippen LogP contribution < -0.4 is 15.0 Å². The van der Waals surface area contributed by atoms with Crippen LogP contribution >= 0.6 is 11.3 Å². The van der Waals surface area contributed by atoms with Crippen LogP contribution in [0.4, 0.5) is 11.5 Å². The number of benzene rings is 1. The molecule has 0 radical (unpaired) electrons. The van der Waals surface area contributed by atoms with Crippen molar-refractivity contribution < 1.29 is 9.53 Å². The van der Waals surface area contributed by atoms with Gasteiger partial charge < -0.3 is 15.0 Å². The zero-order valence-corrected chi connectivity index (χ0v) is 16.6. The van der Waals surface area contributed by atoms with Gasteiger partial charge in [-0.15, -0.1) is 11.3 Å². The largest absolute Gasteiger partial charge is 0.494 e. The number of nitrogens with one attached hydrogen (secondary N) is 1. The Hall–Kier alpha value is -2.93. The lowest BCUT2D eigenvalue weighted by atomic mass is 10.2. The first-order valence-corrected chi connectivity index (χ1v) is 9.45. The van der Waals surface area contributed by atoms with E-state index in [1.54, 1.807) is 12.3 Å². The van der Waals surface area contributed by atoms with Crippen LogP contribution in [0.25, 0.3) is 10.6 Å². The second-order valence-corrected chi connectivity index (χ2v) is 7.11. The molecule has 7 heteroatoms. The Balaban J connectivity index is 1.83. The van der Waals surface area contributed by atoms with Crippen LogP contribution in [0.3, 0.4) is 0 Å². The maximum absolute atomic E-state index is 12.8. The number of nitrogens with zero attached hydrogens (tertiary/aromatic N) is 3. The molecule has 0 bridgehead atoms. The highest BCUT2D eigenvalue weighted by Gasteiger charge is 2.18. The van der Waals surface area contributed by atoms with Gasteiger partial charge in [-0.25, -0.2) is 9.97 Å². The fourth-order valence-corrected chi connectivity index (χ4v) is 3.59. The van der Waals surface area contributed by atoms with E-state index in [9.17, 15) is 4.79 Å². The van der Waals surface area contributed by atoms with Crippen LogP contribution in [0.2, 0.25) is 0 Å². The van der Waals surface area contributed by atoms with Gasteiger partial charge >= 0.3 is 0 Å². The van der Waals surface area contributed by atoms with Crippen LogP contribution in [-0.4, -0.2) is 36.6 Å². The van der Waals surface area contributed by atoms with Crippen LogP contribution in [0.1, 0.15) is 22.3 Å². The second kappa shape index (κ2) is 8.18. The van der Waals surface area contributed by atoms with Crippen molar-refractivity contribution in [3.8, 4) is 16.3 Å². The number of amides is 1. The molecule has 1 aromatic carbocycles. The van der Waals surface area contributed by atoms with E-state index in [2.05, 4.69) is 15.3 Å². The number of thiazole rings is 1. The van der Waals surface area contributed by atoms with Crippen LogP contribution in [0, 0.1) is 6.92 Å².